The quantitative estimate of drug-likeness (QED) is 0.159. The van der Waals surface area contributed by atoms with Crippen LogP contribution in [-0.4, -0.2) is 74.8 Å². The van der Waals surface area contributed by atoms with E-state index in [1.54, 1.807) is 12.1 Å². The monoisotopic (exact) mass is 516 g/mol. The predicted octanol–water partition coefficient (Wildman–Crippen LogP) is -1.14. The normalized spacial score (nSPS) is 13.0. The van der Waals surface area contributed by atoms with Gasteiger partial charge >= 0.3 is 11.9 Å². The molecule has 0 aromatic heterocycles. The lowest BCUT2D eigenvalue weighted by Gasteiger charge is -2.21. The molecule has 198 valence electrons. The van der Waals surface area contributed by atoms with Crippen molar-refractivity contribution in [3.8, 4) is 11.5 Å². The summed E-state index contributed by atoms with van der Waals surface area (Å²) in [7, 11) is 0. The van der Waals surface area contributed by atoms with Crippen molar-refractivity contribution >= 4 is 29.7 Å². The fourth-order valence-electron chi connectivity index (χ4n) is 3.25. The average Bonchev–Trinajstić information content (AvgIpc) is 2.84. The van der Waals surface area contributed by atoms with E-state index < -0.39 is 60.8 Å². The summed E-state index contributed by atoms with van der Waals surface area (Å²) in [5.41, 5.74) is 7.05. The first-order valence-electron chi connectivity index (χ1n) is 11.1. The first kappa shape index (κ1) is 28.6. The van der Waals surface area contributed by atoms with Crippen molar-refractivity contribution in [1.29, 1.82) is 0 Å². The summed E-state index contributed by atoms with van der Waals surface area (Å²) in [5, 5.41) is 43.7. The number of carboxylic acid groups (broad SMARTS) is 2. The highest BCUT2D eigenvalue weighted by molar-refractivity contribution is 5.93. The number of phenolic OH excluding ortho intramolecular Hbond substituents is 2. The second-order valence-electron chi connectivity index (χ2n) is 8.18. The largest absolute Gasteiger partial charge is 0.508 e. The van der Waals surface area contributed by atoms with Crippen LogP contribution >= 0.6 is 0 Å². The van der Waals surface area contributed by atoms with Gasteiger partial charge in [0.05, 0.1) is 19.0 Å². The standard InChI is InChI=1S/C24H28N4O9/c25-17(9-13-1-5-15(29)6-2-13)22(34)26-12-20(31)27-18(10-14-3-7-16(30)8-4-14)23(35)28-19(24(36)37)11-21(32)33/h1-8,17-19,29-30H,9-12,25H2,(H,26,34)(H,27,31)(H,28,35)(H,32,33)(H,36,37). The van der Waals surface area contributed by atoms with Crippen molar-refractivity contribution in [3.05, 3.63) is 59.7 Å². The van der Waals surface area contributed by atoms with Gasteiger partial charge in [0.2, 0.25) is 17.7 Å². The molecule has 13 heteroatoms. The van der Waals surface area contributed by atoms with Crippen LogP contribution in [0.4, 0.5) is 0 Å². The summed E-state index contributed by atoms with van der Waals surface area (Å²) in [4.78, 5) is 59.8. The number of nitrogens with one attached hydrogen (secondary N) is 3. The molecule has 2 aromatic rings. The van der Waals surface area contributed by atoms with Crippen LogP contribution in [0.2, 0.25) is 0 Å². The van der Waals surface area contributed by atoms with Gasteiger partial charge in [0.25, 0.3) is 0 Å². The second kappa shape index (κ2) is 13.4. The maximum atomic E-state index is 12.8. The first-order valence-corrected chi connectivity index (χ1v) is 11.1. The summed E-state index contributed by atoms with van der Waals surface area (Å²) < 4.78 is 0. The van der Waals surface area contributed by atoms with Crippen molar-refractivity contribution in [1.82, 2.24) is 16.0 Å². The summed E-state index contributed by atoms with van der Waals surface area (Å²) in [6.07, 6.45) is -0.860. The third-order valence-corrected chi connectivity index (χ3v) is 5.17. The molecule has 0 aliphatic rings. The van der Waals surface area contributed by atoms with E-state index in [0.717, 1.165) is 0 Å². The van der Waals surface area contributed by atoms with E-state index in [1.807, 2.05) is 0 Å². The van der Waals surface area contributed by atoms with Crippen LogP contribution in [0.1, 0.15) is 17.5 Å². The Labute approximate surface area is 211 Å². The molecule has 0 bridgehead atoms. The number of carbonyl (C=O) groups excluding carboxylic acids is 3. The molecule has 0 saturated carbocycles. The van der Waals surface area contributed by atoms with Crippen LogP contribution in [0.15, 0.2) is 48.5 Å². The molecule has 13 nitrogen and oxygen atoms in total. The van der Waals surface area contributed by atoms with E-state index in [9.17, 15) is 39.3 Å². The van der Waals surface area contributed by atoms with Gasteiger partial charge in [-0.15, -0.1) is 0 Å². The number of aromatic hydroxyl groups is 2. The summed E-state index contributed by atoms with van der Waals surface area (Å²) >= 11 is 0. The molecule has 2 aromatic carbocycles. The number of aliphatic carboxylic acids is 2. The molecule has 3 unspecified atom stereocenters. The van der Waals surface area contributed by atoms with E-state index in [0.29, 0.717) is 11.1 Å². The minimum absolute atomic E-state index is 0.0347. The molecule has 0 saturated heterocycles. The van der Waals surface area contributed by atoms with Crippen LogP contribution in [0.3, 0.4) is 0 Å². The maximum Gasteiger partial charge on any atom is 0.326 e. The summed E-state index contributed by atoms with van der Waals surface area (Å²) in [6, 6.07) is 7.69. The molecular formula is C24H28N4O9. The van der Waals surface area contributed by atoms with Gasteiger partial charge in [-0.05, 0) is 41.8 Å². The number of amides is 3. The average molecular weight is 517 g/mol. The van der Waals surface area contributed by atoms with E-state index in [2.05, 4.69) is 16.0 Å². The highest BCUT2D eigenvalue weighted by atomic mass is 16.4. The molecule has 0 spiro atoms. The van der Waals surface area contributed by atoms with Crippen LogP contribution in [0.5, 0.6) is 11.5 Å². The number of nitrogens with two attached hydrogens (primary N) is 1. The van der Waals surface area contributed by atoms with Gasteiger partial charge in [-0.2, -0.15) is 0 Å². The Morgan fingerprint density at radius 2 is 1.24 bits per heavy atom. The zero-order valence-electron chi connectivity index (χ0n) is 19.6. The van der Waals surface area contributed by atoms with E-state index >= 15 is 0 Å². The van der Waals surface area contributed by atoms with Crippen LogP contribution in [-0.2, 0) is 36.8 Å². The highest BCUT2D eigenvalue weighted by Crippen LogP contribution is 2.12. The molecule has 3 amide bonds. The lowest BCUT2D eigenvalue weighted by molar-refractivity contribution is -0.147. The van der Waals surface area contributed by atoms with Gasteiger partial charge in [0, 0.05) is 6.42 Å². The highest BCUT2D eigenvalue weighted by Gasteiger charge is 2.28. The van der Waals surface area contributed by atoms with Gasteiger partial charge in [0.1, 0.15) is 23.6 Å². The van der Waals surface area contributed by atoms with Crippen LogP contribution < -0.4 is 21.7 Å². The van der Waals surface area contributed by atoms with Gasteiger partial charge in [-0.25, -0.2) is 4.79 Å². The third kappa shape index (κ3) is 9.85. The lowest BCUT2D eigenvalue weighted by Crippen LogP contribution is -2.54. The number of phenols is 2. The van der Waals surface area contributed by atoms with Crippen molar-refractivity contribution < 1.29 is 44.4 Å². The first-order chi connectivity index (χ1) is 17.4. The Hall–Kier alpha value is -4.65. The Morgan fingerprint density at radius 1 is 0.730 bits per heavy atom. The number of rotatable bonds is 13. The topological polar surface area (TPSA) is 228 Å². The van der Waals surface area contributed by atoms with E-state index in [1.165, 1.54) is 36.4 Å². The fraction of sp³-hybridized carbons (Fsp3) is 0.292. The smallest absolute Gasteiger partial charge is 0.326 e. The Morgan fingerprint density at radius 3 is 1.73 bits per heavy atom. The van der Waals surface area contributed by atoms with Crippen molar-refractivity contribution in [2.75, 3.05) is 6.54 Å². The number of carboxylic acids is 2. The Kier molecular flexibility index (Phi) is 10.4. The van der Waals surface area contributed by atoms with E-state index in [4.69, 9.17) is 10.8 Å². The Bertz CT molecular complexity index is 1120. The van der Waals surface area contributed by atoms with E-state index in [-0.39, 0.29) is 24.3 Å². The molecule has 0 aliphatic carbocycles. The number of hydrogen-bond acceptors (Lipinski definition) is 8. The van der Waals surface area contributed by atoms with Gasteiger partial charge in [-0.3, -0.25) is 19.2 Å². The predicted molar refractivity (Wildman–Crippen MR) is 128 cm³/mol. The van der Waals surface area contributed by atoms with Gasteiger partial charge < -0.3 is 42.1 Å². The summed E-state index contributed by atoms with van der Waals surface area (Å²) in [5.74, 6) is -5.37. The zero-order chi connectivity index (χ0) is 27.5. The number of benzene rings is 2. The molecule has 0 fully saturated rings. The molecule has 3 atom stereocenters. The van der Waals surface area contributed by atoms with Gasteiger partial charge in [-0.1, -0.05) is 24.3 Å². The fourth-order valence-corrected chi connectivity index (χ4v) is 3.25. The molecular weight excluding hydrogens is 488 g/mol. The molecule has 2 rings (SSSR count). The minimum Gasteiger partial charge on any atom is -0.508 e. The molecule has 0 radical (unpaired) electrons. The second-order valence-corrected chi connectivity index (χ2v) is 8.18. The SMILES string of the molecule is NC(Cc1ccc(O)cc1)C(=O)NCC(=O)NC(Cc1ccc(O)cc1)C(=O)NC(CC(=O)O)C(=O)O. The lowest BCUT2D eigenvalue weighted by atomic mass is 10.0. The zero-order valence-corrected chi connectivity index (χ0v) is 19.6. The van der Waals surface area contributed by atoms with Crippen molar-refractivity contribution in [2.45, 2.75) is 37.4 Å². The third-order valence-electron chi connectivity index (χ3n) is 5.17. The van der Waals surface area contributed by atoms with Crippen molar-refractivity contribution in [2.24, 2.45) is 5.73 Å². The van der Waals surface area contributed by atoms with Gasteiger partial charge in [0.15, 0.2) is 0 Å². The maximum absolute atomic E-state index is 12.8. The summed E-state index contributed by atoms with van der Waals surface area (Å²) in [6.45, 7) is -0.543. The minimum atomic E-state index is -1.73. The Balaban J connectivity index is 2.02. The molecule has 0 aliphatic heterocycles. The molecule has 0 heterocycles. The van der Waals surface area contributed by atoms with Crippen molar-refractivity contribution in [3.63, 3.8) is 0 Å². The molecule has 9 N–H and O–H groups in total. The number of carbonyl (C=O) groups is 5. The van der Waals surface area contributed by atoms with Crippen LogP contribution in [0.25, 0.3) is 0 Å². The number of hydrogen-bond donors (Lipinski definition) is 8. The molecule has 37 heavy (non-hydrogen) atoms. The van der Waals surface area contributed by atoms with Crippen LogP contribution in [0, 0.1) is 0 Å².